The van der Waals surface area contributed by atoms with E-state index in [4.69, 9.17) is 23.2 Å². The van der Waals surface area contributed by atoms with Crippen molar-refractivity contribution in [3.05, 3.63) is 0 Å². The molecular formula is C4H10ClN3O. The van der Waals surface area contributed by atoms with Crippen LogP contribution in [0.4, 0.5) is 4.79 Å². The molecule has 0 saturated heterocycles. The van der Waals surface area contributed by atoms with Crippen LogP contribution >= 0.6 is 11.6 Å². The van der Waals surface area contributed by atoms with Gasteiger partial charge in [-0.1, -0.05) is 0 Å². The van der Waals surface area contributed by atoms with Crippen molar-refractivity contribution in [1.29, 1.82) is 0 Å². The fraction of sp³-hybridized carbons (Fsp3) is 0.750. The third kappa shape index (κ3) is 4.05. The number of amides is 2. The lowest BCUT2D eigenvalue weighted by Crippen LogP contribution is -2.42. The first kappa shape index (κ1) is 8.52. The quantitative estimate of drug-likeness (QED) is 0.255. The number of hydrogen-bond acceptors (Lipinski definition) is 2. The van der Waals surface area contributed by atoms with E-state index < -0.39 is 6.03 Å². The molecule has 0 aliphatic carbocycles. The summed E-state index contributed by atoms with van der Waals surface area (Å²) in [5, 5.41) is 0.933. The lowest BCUT2D eigenvalue weighted by molar-refractivity contribution is 0.209. The largest absolute Gasteiger partial charge is 0.350 e. The maximum atomic E-state index is 10.2. The number of carbonyl (C=O) groups is 1. The van der Waals surface area contributed by atoms with Crippen LogP contribution in [0, 0.1) is 0 Å². The van der Waals surface area contributed by atoms with E-state index in [1.54, 1.807) is 0 Å². The number of nitrogens with zero attached hydrogens (tertiary/aromatic N) is 1. The Morgan fingerprint density at radius 1 is 1.67 bits per heavy atom. The molecule has 0 aliphatic heterocycles. The smallest absolute Gasteiger partial charge is 0.328 e. The summed E-state index contributed by atoms with van der Waals surface area (Å²) in [6, 6.07) is -0.625. The summed E-state index contributed by atoms with van der Waals surface area (Å²) in [6.07, 6.45) is 0.668. The number of nitrogens with two attached hydrogens (primary N) is 2. The van der Waals surface area contributed by atoms with Crippen LogP contribution in [0.2, 0.25) is 0 Å². The highest BCUT2D eigenvalue weighted by molar-refractivity contribution is 6.17. The van der Waals surface area contributed by atoms with E-state index in [1.165, 1.54) is 0 Å². The summed E-state index contributed by atoms with van der Waals surface area (Å²) in [5.74, 6) is 5.59. The van der Waals surface area contributed by atoms with Crippen molar-refractivity contribution in [2.75, 3.05) is 12.4 Å². The molecule has 0 rings (SSSR count). The molecular weight excluding hydrogens is 142 g/mol. The molecule has 0 aliphatic rings. The van der Waals surface area contributed by atoms with Gasteiger partial charge in [-0.15, -0.1) is 11.6 Å². The first-order chi connectivity index (χ1) is 4.18. The molecule has 54 valence electrons. The minimum atomic E-state index is -0.625. The Balaban J connectivity index is 3.27. The highest BCUT2D eigenvalue weighted by Crippen LogP contribution is 1.85. The predicted molar refractivity (Wildman–Crippen MR) is 35.8 cm³/mol. The number of primary amides is 1. The fourth-order valence-corrected chi connectivity index (χ4v) is 0.460. The summed E-state index contributed by atoms with van der Waals surface area (Å²) in [7, 11) is 0. The third-order valence-corrected chi connectivity index (χ3v) is 1.08. The summed E-state index contributed by atoms with van der Waals surface area (Å²) in [5.41, 5.74) is 4.80. The van der Waals surface area contributed by atoms with Crippen molar-refractivity contribution < 1.29 is 4.79 Å². The van der Waals surface area contributed by atoms with Crippen molar-refractivity contribution in [3.8, 4) is 0 Å². The van der Waals surface area contributed by atoms with Crippen LogP contribution < -0.4 is 11.6 Å². The number of hydrazine groups is 1. The average molecular weight is 152 g/mol. The molecule has 2 amide bonds. The summed E-state index contributed by atoms with van der Waals surface area (Å²) >= 11 is 5.32. The first-order valence-corrected chi connectivity index (χ1v) is 3.09. The van der Waals surface area contributed by atoms with Gasteiger partial charge in [0.2, 0.25) is 0 Å². The lowest BCUT2D eigenvalue weighted by Gasteiger charge is -2.11. The van der Waals surface area contributed by atoms with Crippen molar-refractivity contribution in [2.45, 2.75) is 6.42 Å². The number of carbonyl (C=O) groups excluding carboxylic acids is 1. The molecule has 0 aromatic carbocycles. The minimum Gasteiger partial charge on any atom is -0.350 e. The average Bonchev–Trinajstić information content (AvgIpc) is 1.82. The molecule has 9 heavy (non-hydrogen) atoms. The van der Waals surface area contributed by atoms with Gasteiger partial charge in [0.1, 0.15) is 0 Å². The maximum absolute atomic E-state index is 10.2. The summed E-state index contributed by atoms with van der Waals surface area (Å²) in [4.78, 5) is 10.2. The van der Waals surface area contributed by atoms with Crippen LogP contribution in [0.25, 0.3) is 0 Å². The van der Waals surface area contributed by atoms with Gasteiger partial charge in [-0.05, 0) is 6.42 Å². The molecule has 0 saturated carbocycles. The van der Waals surface area contributed by atoms with Gasteiger partial charge in [-0.25, -0.2) is 10.6 Å². The zero-order chi connectivity index (χ0) is 7.28. The van der Waals surface area contributed by atoms with E-state index >= 15 is 0 Å². The van der Waals surface area contributed by atoms with Gasteiger partial charge in [0, 0.05) is 12.4 Å². The molecule has 0 atom stereocenters. The fourth-order valence-electron chi connectivity index (χ4n) is 0.340. The third-order valence-electron chi connectivity index (χ3n) is 0.816. The monoisotopic (exact) mass is 151 g/mol. The second-order valence-corrected chi connectivity index (χ2v) is 1.95. The molecule has 0 unspecified atom stereocenters. The van der Waals surface area contributed by atoms with Gasteiger partial charge in [0.25, 0.3) is 0 Å². The molecule has 0 spiro atoms. The van der Waals surface area contributed by atoms with Crippen LogP contribution in [0.5, 0.6) is 0 Å². The van der Waals surface area contributed by atoms with E-state index in [9.17, 15) is 4.79 Å². The zero-order valence-electron chi connectivity index (χ0n) is 5.01. The summed E-state index contributed by atoms with van der Waals surface area (Å²) in [6.45, 7) is 0.416. The molecule has 0 fully saturated rings. The highest BCUT2D eigenvalue weighted by atomic mass is 35.5. The van der Waals surface area contributed by atoms with Crippen LogP contribution in [-0.4, -0.2) is 23.5 Å². The molecule has 5 heteroatoms. The van der Waals surface area contributed by atoms with Crippen molar-refractivity contribution in [2.24, 2.45) is 11.6 Å². The zero-order valence-corrected chi connectivity index (χ0v) is 5.77. The maximum Gasteiger partial charge on any atom is 0.328 e. The van der Waals surface area contributed by atoms with Gasteiger partial charge < -0.3 is 5.73 Å². The van der Waals surface area contributed by atoms with Gasteiger partial charge in [-0.3, -0.25) is 5.01 Å². The molecule has 4 N–H and O–H groups in total. The molecule has 0 radical (unpaired) electrons. The first-order valence-electron chi connectivity index (χ1n) is 2.56. The predicted octanol–water partition coefficient (Wildman–Crippen LogP) is -0.130. The van der Waals surface area contributed by atoms with Crippen LogP contribution in [0.1, 0.15) is 6.42 Å². The Labute approximate surface area is 58.7 Å². The Bertz CT molecular complexity index is 97.8. The van der Waals surface area contributed by atoms with Gasteiger partial charge in [0.05, 0.1) is 0 Å². The van der Waals surface area contributed by atoms with Crippen LogP contribution in [0.3, 0.4) is 0 Å². The molecule has 4 nitrogen and oxygen atoms in total. The molecule has 0 bridgehead atoms. The Morgan fingerprint density at radius 2 is 2.22 bits per heavy atom. The lowest BCUT2D eigenvalue weighted by atomic mass is 10.5. The van der Waals surface area contributed by atoms with Crippen molar-refractivity contribution in [3.63, 3.8) is 0 Å². The topological polar surface area (TPSA) is 72.4 Å². The summed E-state index contributed by atoms with van der Waals surface area (Å²) < 4.78 is 0. The number of alkyl halides is 1. The number of halogens is 1. The van der Waals surface area contributed by atoms with Gasteiger partial charge in [0.15, 0.2) is 0 Å². The Hall–Kier alpha value is -0.480. The van der Waals surface area contributed by atoms with E-state index in [1.807, 2.05) is 0 Å². The van der Waals surface area contributed by atoms with E-state index in [0.29, 0.717) is 18.8 Å². The standard InChI is InChI=1S/C4H10ClN3O/c5-2-1-3-8(7)4(6)9/h1-3,7H2,(H2,6,9). The Morgan fingerprint density at radius 3 is 2.56 bits per heavy atom. The van der Waals surface area contributed by atoms with Crippen molar-refractivity contribution >= 4 is 17.6 Å². The van der Waals surface area contributed by atoms with Gasteiger partial charge >= 0.3 is 6.03 Å². The highest BCUT2D eigenvalue weighted by Gasteiger charge is 2.00. The Kier molecular flexibility index (Phi) is 4.17. The van der Waals surface area contributed by atoms with Gasteiger partial charge in [-0.2, -0.15) is 0 Å². The van der Waals surface area contributed by atoms with Crippen LogP contribution in [-0.2, 0) is 0 Å². The number of hydrogen-bond donors (Lipinski definition) is 2. The van der Waals surface area contributed by atoms with E-state index in [2.05, 4.69) is 0 Å². The molecule has 0 heterocycles. The molecule has 0 aromatic heterocycles. The molecule has 0 aromatic rings. The van der Waals surface area contributed by atoms with Crippen molar-refractivity contribution in [1.82, 2.24) is 5.01 Å². The van der Waals surface area contributed by atoms with E-state index in [0.717, 1.165) is 5.01 Å². The second kappa shape index (κ2) is 4.40. The van der Waals surface area contributed by atoms with E-state index in [-0.39, 0.29) is 0 Å². The number of urea groups is 1. The second-order valence-electron chi connectivity index (χ2n) is 1.57. The number of rotatable bonds is 3. The van der Waals surface area contributed by atoms with Crippen LogP contribution in [0.15, 0.2) is 0 Å². The normalized spacial score (nSPS) is 9.11. The SMILES string of the molecule is NC(=O)N(N)CCCCl. The minimum absolute atomic E-state index is 0.416.